The van der Waals surface area contributed by atoms with Crippen LogP contribution >= 0.6 is 11.3 Å². The Kier molecular flexibility index (Phi) is 5.60. The number of hydrogen-bond donors (Lipinski definition) is 1. The van der Waals surface area contributed by atoms with Gasteiger partial charge in [-0.2, -0.15) is 0 Å². The Labute approximate surface area is 181 Å². The molecular formula is C23H21F2N3O2S. The number of nitrogens with zero attached hydrogens (tertiary/aromatic N) is 2. The fourth-order valence-electron chi connectivity index (χ4n) is 3.46. The molecule has 1 amide bonds. The zero-order chi connectivity index (χ0) is 22.3. The monoisotopic (exact) mass is 441 g/mol. The first-order valence-corrected chi connectivity index (χ1v) is 10.5. The second-order valence-corrected chi connectivity index (χ2v) is 8.76. The van der Waals surface area contributed by atoms with Crippen molar-refractivity contribution < 1.29 is 13.6 Å². The van der Waals surface area contributed by atoms with Crippen LogP contribution in [0.25, 0.3) is 11.6 Å². The van der Waals surface area contributed by atoms with Gasteiger partial charge in [-0.3, -0.25) is 14.2 Å². The highest BCUT2D eigenvalue weighted by Gasteiger charge is 2.27. The number of amides is 1. The van der Waals surface area contributed by atoms with Gasteiger partial charge in [0, 0.05) is 24.3 Å². The number of rotatable bonds is 4. The standard InChI is InChI=1S/C23H21F2N3O2S/c1-13-4-7-18-15(10-13)20(21(29)26-18)23-28(9-8-27(2)3)22(30)19(31-23)12-14-5-6-16(24)17(25)11-14/h4-7,10-12H,8-9H2,1-3H3,(H,26,29)/b19-12+,23-20+. The molecule has 1 aromatic heterocycles. The van der Waals surface area contributed by atoms with E-state index in [2.05, 4.69) is 5.32 Å². The average Bonchev–Trinajstić information content (AvgIpc) is 3.18. The minimum atomic E-state index is -0.979. The summed E-state index contributed by atoms with van der Waals surface area (Å²) in [6, 6.07) is 9.17. The second kappa shape index (κ2) is 8.20. The normalized spacial score (nSPS) is 15.5. The van der Waals surface area contributed by atoms with Crippen molar-refractivity contribution >= 4 is 34.6 Å². The van der Waals surface area contributed by atoms with E-state index in [0.29, 0.717) is 39.1 Å². The van der Waals surface area contributed by atoms with Gasteiger partial charge >= 0.3 is 0 Å². The molecule has 1 N–H and O–H groups in total. The molecule has 0 atom stereocenters. The zero-order valence-corrected chi connectivity index (χ0v) is 18.1. The number of benzene rings is 2. The Hall–Kier alpha value is -3.10. The van der Waals surface area contributed by atoms with Gasteiger partial charge in [0.1, 0.15) is 4.66 Å². The summed E-state index contributed by atoms with van der Waals surface area (Å²) in [5.41, 5.74) is 3.01. The summed E-state index contributed by atoms with van der Waals surface area (Å²) in [7, 11) is 3.80. The summed E-state index contributed by atoms with van der Waals surface area (Å²) in [4.78, 5) is 28.0. The highest BCUT2D eigenvalue weighted by atomic mass is 32.1. The van der Waals surface area contributed by atoms with Crippen LogP contribution in [-0.4, -0.2) is 36.0 Å². The summed E-state index contributed by atoms with van der Waals surface area (Å²) in [5, 5.41) is 2.86. The maximum absolute atomic E-state index is 13.6. The molecule has 1 aliphatic rings. The third kappa shape index (κ3) is 4.08. The number of halogens is 2. The Morgan fingerprint density at radius 1 is 1.10 bits per heavy atom. The van der Waals surface area contributed by atoms with E-state index in [1.54, 1.807) is 4.57 Å². The van der Waals surface area contributed by atoms with Gasteiger partial charge < -0.3 is 10.2 Å². The molecule has 1 aliphatic heterocycles. The van der Waals surface area contributed by atoms with Gasteiger partial charge in [0.15, 0.2) is 11.6 Å². The molecule has 0 saturated heterocycles. The number of aromatic nitrogens is 1. The number of carbonyl (C=O) groups is 1. The van der Waals surface area contributed by atoms with E-state index < -0.39 is 11.6 Å². The van der Waals surface area contributed by atoms with Gasteiger partial charge in [0.2, 0.25) is 0 Å². The van der Waals surface area contributed by atoms with Gasteiger partial charge in [-0.1, -0.05) is 17.7 Å². The predicted octanol–water partition coefficient (Wildman–Crippen LogP) is 2.04. The van der Waals surface area contributed by atoms with Crippen molar-refractivity contribution in [2.45, 2.75) is 13.5 Å². The number of carbonyl (C=O) groups excluding carboxylic acids is 1. The van der Waals surface area contributed by atoms with Gasteiger partial charge in [-0.25, -0.2) is 8.78 Å². The lowest BCUT2D eigenvalue weighted by molar-refractivity contribution is -0.110. The Morgan fingerprint density at radius 2 is 1.87 bits per heavy atom. The van der Waals surface area contributed by atoms with Crippen LogP contribution in [0.1, 0.15) is 16.7 Å². The lowest BCUT2D eigenvalue weighted by Crippen LogP contribution is -2.36. The maximum Gasteiger partial charge on any atom is 0.269 e. The van der Waals surface area contributed by atoms with E-state index in [1.807, 2.05) is 44.1 Å². The Balaban J connectivity index is 2.00. The molecule has 4 rings (SSSR count). The quantitative estimate of drug-likeness (QED) is 0.674. The molecule has 3 aromatic rings. The van der Waals surface area contributed by atoms with E-state index in [4.69, 9.17) is 0 Å². The average molecular weight is 442 g/mol. The molecule has 0 saturated carbocycles. The van der Waals surface area contributed by atoms with Crippen molar-refractivity contribution in [3.05, 3.63) is 84.3 Å². The zero-order valence-electron chi connectivity index (χ0n) is 17.3. The molecule has 2 aromatic carbocycles. The summed E-state index contributed by atoms with van der Waals surface area (Å²) in [6.45, 7) is 2.93. The molecule has 0 unspecified atom stereocenters. The molecule has 0 fully saturated rings. The number of anilines is 1. The Bertz CT molecular complexity index is 1370. The third-order valence-electron chi connectivity index (χ3n) is 5.05. The molecule has 0 bridgehead atoms. The van der Waals surface area contributed by atoms with Crippen LogP contribution in [0.15, 0.2) is 41.2 Å². The van der Waals surface area contributed by atoms with E-state index >= 15 is 0 Å². The minimum Gasteiger partial charge on any atom is -0.321 e. The first-order chi connectivity index (χ1) is 14.7. The largest absolute Gasteiger partial charge is 0.321 e. The van der Waals surface area contributed by atoms with Gasteiger partial charge in [-0.05, 0) is 56.9 Å². The molecule has 2 heterocycles. The topological polar surface area (TPSA) is 54.3 Å². The van der Waals surface area contributed by atoms with E-state index in [-0.39, 0.29) is 11.5 Å². The van der Waals surface area contributed by atoms with Crippen molar-refractivity contribution in [1.82, 2.24) is 9.47 Å². The van der Waals surface area contributed by atoms with Gasteiger partial charge in [0.25, 0.3) is 11.5 Å². The molecule has 160 valence electrons. The SMILES string of the molecule is Cc1ccc2c(c1)/C(=c1\s/c(=C/c3ccc(F)c(F)c3)c(=O)n1CCN(C)C)C(=O)N2. The fraction of sp³-hybridized carbons (Fsp3) is 0.217. The molecule has 0 spiro atoms. The summed E-state index contributed by atoms with van der Waals surface area (Å²) >= 11 is 1.18. The maximum atomic E-state index is 13.6. The number of fused-ring (bicyclic) bond motifs is 1. The highest BCUT2D eigenvalue weighted by molar-refractivity contribution is 7.07. The fourth-order valence-corrected chi connectivity index (χ4v) is 4.65. The Morgan fingerprint density at radius 3 is 2.58 bits per heavy atom. The summed E-state index contributed by atoms with van der Waals surface area (Å²) in [6.07, 6.45) is 1.52. The number of hydrogen-bond acceptors (Lipinski definition) is 4. The summed E-state index contributed by atoms with van der Waals surface area (Å²) < 4.78 is 29.4. The minimum absolute atomic E-state index is 0.264. The van der Waals surface area contributed by atoms with Crippen LogP contribution in [0.4, 0.5) is 14.5 Å². The molecule has 0 aliphatic carbocycles. The number of nitrogens with one attached hydrogen (secondary N) is 1. The van der Waals surface area contributed by atoms with E-state index in [1.165, 1.54) is 23.5 Å². The van der Waals surface area contributed by atoms with Crippen molar-refractivity contribution in [2.24, 2.45) is 0 Å². The number of aryl methyl sites for hydroxylation is 1. The van der Waals surface area contributed by atoms with Crippen LogP contribution in [0.3, 0.4) is 0 Å². The molecule has 0 radical (unpaired) electrons. The van der Waals surface area contributed by atoms with Crippen molar-refractivity contribution in [2.75, 3.05) is 26.0 Å². The van der Waals surface area contributed by atoms with E-state index in [0.717, 1.165) is 23.3 Å². The van der Waals surface area contributed by atoms with Crippen LogP contribution in [-0.2, 0) is 11.3 Å². The predicted molar refractivity (Wildman–Crippen MR) is 119 cm³/mol. The third-order valence-corrected chi connectivity index (χ3v) is 6.18. The van der Waals surface area contributed by atoms with Crippen molar-refractivity contribution in [3.63, 3.8) is 0 Å². The van der Waals surface area contributed by atoms with Crippen LogP contribution in [0, 0.1) is 18.6 Å². The van der Waals surface area contributed by atoms with Crippen LogP contribution in [0.2, 0.25) is 0 Å². The van der Waals surface area contributed by atoms with Crippen LogP contribution < -0.4 is 20.1 Å². The van der Waals surface area contributed by atoms with Crippen molar-refractivity contribution in [1.29, 1.82) is 0 Å². The van der Waals surface area contributed by atoms with E-state index in [9.17, 15) is 18.4 Å². The summed E-state index contributed by atoms with van der Waals surface area (Å²) in [5.74, 6) is -2.19. The highest BCUT2D eigenvalue weighted by Crippen LogP contribution is 2.30. The first kappa shape index (κ1) is 21.1. The lowest BCUT2D eigenvalue weighted by Gasteiger charge is -2.10. The molecule has 31 heavy (non-hydrogen) atoms. The van der Waals surface area contributed by atoms with Gasteiger partial charge in [-0.15, -0.1) is 11.3 Å². The second-order valence-electron chi connectivity index (χ2n) is 7.73. The van der Waals surface area contributed by atoms with Crippen molar-refractivity contribution in [3.8, 4) is 0 Å². The molecular weight excluding hydrogens is 420 g/mol. The lowest BCUT2D eigenvalue weighted by atomic mass is 10.1. The molecule has 8 heteroatoms. The molecule has 5 nitrogen and oxygen atoms in total. The smallest absolute Gasteiger partial charge is 0.269 e. The number of thiazole rings is 1. The van der Waals surface area contributed by atoms with Crippen LogP contribution in [0.5, 0.6) is 0 Å². The first-order valence-electron chi connectivity index (χ1n) is 9.72. The number of likely N-dealkylation sites (N-methyl/N-ethyl adjacent to an activating group) is 1. The van der Waals surface area contributed by atoms with Gasteiger partial charge in [0.05, 0.1) is 10.1 Å².